The van der Waals surface area contributed by atoms with Crippen LogP contribution in [-0.2, 0) is 4.79 Å². The van der Waals surface area contributed by atoms with Crippen molar-refractivity contribution in [3.8, 4) is 16.9 Å². The van der Waals surface area contributed by atoms with Gasteiger partial charge in [0.2, 0.25) is 5.91 Å². The monoisotopic (exact) mass is 483 g/mol. The van der Waals surface area contributed by atoms with Crippen molar-refractivity contribution in [3.05, 3.63) is 52.9 Å². The van der Waals surface area contributed by atoms with Crippen LogP contribution in [0.5, 0.6) is 5.75 Å². The first-order valence-corrected chi connectivity index (χ1v) is 11.6. The van der Waals surface area contributed by atoms with Gasteiger partial charge in [0, 0.05) is 25.7 Å². The van der Waals surface area contributed by atoms with Crippen LogP contribution in [0.2, 0.25) is 5.02 Å². The molecule has 3 aromatic rings. The highest BCUT2D eigenvalue weighted by Crippen LogP contribution is 2.39. The SMILES string of the molecule is CC(=O)c1cnc2ccc(-c3cc(F)c(O)c(Cl)c3)cc2c1NC1(C(=O)N(C)C)CCCCC1. The number of halogens is 2. The third-order valence-electron chi connectivity index (χ3n) is 6.48. The molecule has 0 bridgehead atoms. The number of aromatic hydroxyl groups is 1. The average Bonchev–Trinajstić information content (AvgIpc) is 2.82. The minimum atomic E-state index is -0.829. The average molecular weight is 484 g/mol. The van der Waals surface area contributed by atoms with Crippen molar-refractivity contribution in [1.82, 2.24) is 9.88 Å². The number of aromatic nitrogens is 1. The molecule has 8 heteroatoms. The fourth-order valence-electron chi connectivity index (χ4n) is 4.72. The number of phenolic OH excluding ortho intramolecular Hbond substituents is 1. The highest BCUT2D eigenvalue weighted by atomic mass is 35.5. The van der Waals surface area contributed by atoms with Gasteiger partial charge >= 0.3 is 0 Å². The van der Waals surface area contributed by atoms with Gasteiger partial charge in [0.05, 0.1) is 21.8 Å². The fourth-order valence-corrected chi connectivity index (χ4v) is 4.93. The van der Waals surface area contributed by atoms with Crippen LogP contribution in [-0.4, -0.2) is 46.3 Å². The van der Waals surface area contributed by atoms with E-state index in [1.807, 2.05) is 0 Å². The van der Waals surface area contributed by atoms with E-state index < -0.39 is 17.1 Å². The third kappa shape index (κ3) is 4.32. The lowest BCUT2D eigenvalue weighted by Crippen LogP contribution is -2.53. The normalized spacial score (nSPS) is 15.2. The Morgan fingerprint density at radius 1 is 1.12 bits per heavy atom. The second-order valence-electron chi connectivity index (χ2n) is 9.09. The first kappa shape index (κ1) is 24.0. The molecule has 0 unspecified atom stereocenters. The topological polar surface area (TPSA) is 82.5 Å². The van der Waals surface area contributed by atoms with Gasteiger partial charge in [-0.2, -0.15) is 0 Å². The van der Waals surface area contributed by atoms with E-state index in [0.717, 1.165) is 19.3 Å². The van der Waals surface area contributed by atoms with E-state index >= 15 is 0 Å². The fraction of sp³-hybridized carbons (Fsp3) is 0.346. The van der Waals surface area contributed by atoms with Crippen molar-refractivity contribution in [1.29, 1.82) is 0 Å². The number of likely N-dealkylation sites (N-methyl/N-ethyl adjacent to an activating group) is 1. The molecule has 0 aliphatic heterocycles. The molecule has 2 N–H and O–H groups in total. The summed E-state index contributed by atoms with van der Waals surface area (Å²) < 4.78 is 14.2. The molecular weight excluding hydrogens is 457 g/mol. The van der Waals surface area contributed by atoms with Crippen LogP contribution in [0.3, 0.4) is 0 Å². The third-order valence-corrected chi connectivity index (χ3v) is 6.77. The molecule has 0 radical (unpaired) electrons. The number of phenols is 1. The summed E-state index contributed by atoms with van der Waals surface area (Å²) >= 11 is 6.00. The second-order valence-corrected chi connectivity index (χ2v) is 9.50. The van der Waals surface area contributed by atoms with E-state index in [0.29, 0.717) is 46.1 Å². The summed E-state index contributed by atoms with van der Waals surface area (Å²) in [4.78, 5) is 31.9. The molecule has 4 rings (SSSR count). The Morgan fingerprint density at radius 2 is 1.82 bits per heavy atom. The van der Waals surface area contributed by atoms with E-state index in [9.17, 15) is 19.1 Å². The predicted octanol–water partition coefficient (Wildman–Crippen LogP) is 5.81. The molecule has 1 amide bonds. The number of hydrogen-bond donors (Lipinski definition) is 2. The minimum absolute atomic E-state index is 0.0322. The number of benzene rings is 2. The minimum Gasteiger partial charge on any atom is -0.504 e. The molecule has 34 heavy (non-hydrogen) atoms. The molecule has 1 aliphatic carbocycles. The Labute approximate surface area is 202 Å². The van der Waals surface area contributed by atoms with Gasteiger partial charge in [0.25, 0.3) is 0 Å². The number of Topliss-reactive ketones (excluding diaryl/α,β-unsaturated/α-hetero) is 1. The van der Waals surface area contributed by atoms with E-state index in [-0.39, 0.29) is 16.7 Å². The van der Waals surface area contributed by atoms with Gasteiger partial charge in [0.1, 0.15) is 5.54 Å². The van der Waals surface area contributed by atoms with Gasteiger partial charge in [-0.25, -0.2) is 4.39 Å². The molecule has 2 aromatic carbocycles. The van der Waals surface area contributed by atoms with Gasteiger partial charge in [-0.3, -0.25) is 14.6 Å². The summed E-state index contributed by atoms with van der Waals surface area (Å²) in [5, 5.41) is 13.7. The van der Waals surface area contributed by atoms with Gasteiger partial charge in [-0.15, -0.1) is 0 Å². The van der Waals surface area contributed by atoms with Crippen LogP contribution in [0, 0.1) is 5.82 Å². The second kappa shape index (κ2) is 9.22. The number of carbonyl (C=O) groups is 2. The van der Waals surface area contributed by atoms with Crippen LogP contribution >= 0.6 is 11.6 Å². The number of rotatable bonds is 5. The summed E-state index contributed by atoms with van der Waals surface area (Å²) in [6.45, 7) is 1.47. The van der Waals surface area contributed by atoms with Crippen molar-refractivity contribution in [2.24, 2.45) is 0 Å². The molecule has 0 saturated heterocycles. The van der Waals surface area contributed by atoms with Gasteiger partial charge in [-0.1, -0.05) is 36.9 Å². The van der Waals surface area contributed by atoms with Crippen molar-refractivity contribution in [2.45, 2.75) is 44.6 Å². The van der Waals surface area contributed by atoms with Crippen LogP contribution < -0.4 is 5.32 Å². The number of fused-ring (bicyclic) bond motifs is 1. The zero-order valence-corrected chi connectivity index (χ0v) is 20.2. The molecule has 1 aromatic heterocycles. The Hall–Kier alpha value is -3.19. The van der Waals surface area contributed by atoms with Crippen molar-refractivity contribution in [3.63, 3.8) is 0 Å². The van der Waals surface area contributed by atoms with Crippen LogP contribution in [0.4, 0.5) is 10.1 Å². The Bertz CT molecular complexity index is 1260. The molecule has 178 valence electrons. The Kier molecular flexibility index (Phi) is 6.49. The molecular formula is C26H27ClFN3O3. The van der Waals surface area contributed by atoms with Crippen LogP contribution in [0.1, 0.15) is 49.4 Å². The number of nitrogens with zero attached hydrogens (tertiary/aromatic N) is 2. The number of carbonyl (C=O) groups excluding carboxylic acids is 2. The lowest BCUT2D eigenvalue weighted by molar-refractivity contribution is -0.134. The summed E-state index contributed by atoms with van der Waals surface area (Å²) in [5.74, 6) is -1.63. The number of nitrogens with one attached hydrogen (secondary N) is 1. The molecule has 1 heterocycles. The highest BCUT2D eigenvalue weighted by Gasteiger charge is 2.41. The van der Waals surface area contributed by atoms with E-state index in [1.165, 1.54) is 25.3 Å². The largest absolute Gasteiger partial charge is 0.504 e. The van der Waals surface area contributed by atoms with Gasteiger partial charge < -0.3 is 15.3 Å². The number of amides is 1. The maximum atomic E-state index is 14.2. The van der Waals surface area contributed by atoms with E-state index in [4.69, 9.17) is 11.6 Å². The molecule has 0 spiro atoms. The predicted molar refractivity (Wildman–Crippen MR) is 132 cm³/mol. The van der Waals surface area contributed by atoms with E-state index in [1.54, 1.807) is 37.2 Å². The Balaban J connectivity index is 1.92. The first-order chi connectivity index (χ1) is 16.1. The molecule has 1 saturated carbocycles. The number of ketones is 1. The Morgan fingerprint density at radius 3 is 2.44 bits per heavy atom. The smallest absolute Gasteiger partial charge is 0.247 e. The number of pyridine rings is 1. The summed E-state index contributed by atoms with van der Waals surface area (Å²) in [6.07, 6.45) is 5.70. The van der Waals surface area contributed by atoms with Crippen molar-refractivity contribution in [2.75, 3.05) is 19.4 Å². The van der Waals surface area contributed by atoms with Crippen molar-refractivity contribution < 1.29 is 19.1 Å². The molecule has 1 fully saturated rings. The molecule has 6 nitrogen and oxygen atoms in total. The molecule has 0 atom stereocenters. The van der Waals surface area contributed by atoms with Crippen molar-refractivity contribution >= 4 is 39.9 Å². The highest BCUT2D eigenvalue weighted by molar-refractivity contribution is 6.32. The number of hydrogen-bond acceptors (Lipinski definition) is 5. The summed E-state index contributed by atoms with van der Waals surface area (Å²) in [6, 6.07) is 8.04. The quantitative estimate of drug-likeness (QED) is 0.448. The molecule has 1 aliphatic rings. The maximum Gasteiger partial charge on any atom is 0.247 e. The van der Waals surface area contributed by atoms with Gasteiger partial charge in [-0.05, 0) is 55.2 Å². The summed E-state index contributed by atoms with van der Waals surface area (Å²) in [5.41, 5.74) is 1.83. The lowest BCUT2D eigenvalue weighted by atomic mass is 9.80. The van der Waals surface area contributed by atoms with Crippen LogP contribution in [0.15, 0.2) is 36.5 Å². The van der Waals surface area contributed by atoms with Crippen LogP contribution in [0.25, 0.3) is 22.0 Å². The maximum absolute atomic E-state index is 14.2. The standard InChI is InChI=1S/C26H27ClFN3O3/c1-15(32)19-14-29-22-8-7-16(17-12-20(27)24(33)21(28)13-17)11-18(22)23(19)30-26(25(34)31(2)3)9-5-4-6-10-26/h7-8,11-14,33H,4-6,9-10H2,1-3H3,(H,29,30). The first-order valence-electron chi connectivity index (χ1n) is 11.2. The zero-order chi connectivity index (χ0) is 24.6. The summed E-state index contributed by atoms with van der Waals surface area (Å²) in [7, 11) is 3.47. The van der Waals surface area contributed by atoms with Gasteiger partial charge in [0.15, 0.2) is 17.3 Å². The lowest BCUT2D eigenvalue weighted by Gasteiger charge is -2.40. The number of anilines is 1. The van der Waals surface area contributed by atoms with E-state index in [2.05, 4.69) is 10.3 Å². The zero-order valence-electron chi connectivity index (χ0n) is 19.4.